The van der Waals surface area contributed by atoms with Gasteiger partial charge in [0, 0.05) is 5.92 Å². The van der Waals surface area contributed by atoms with Gasteiger partial charge in [-0.1, -0.05) is 38.2 Å². The Kier molecular flexibility index (Phi) is 4.68. The van der Waals surface area contributed by atoms with Crippen LogP contribution in [0.4, 0.5) is 0 Å². The van der Waals surface area contributed by atoms with Crippen LogP contribution < -0.4 is 0 Å². The van der Waals surface area contributed by atoms with Gasteiger partial charge in [0.05, 0.1) is 5.54 Å². The fraction of sp³-hybridized carbons (Fsp3) is 0.583. The molecule has 0 aromatic heterocycles. The lowest BCUT2D eigenvalue weighted by atomic mass is 9.82. The van der Waals surface area contributed by atoms with Gasteiger partial charge in [-0.15, -0.1) is 0 Å². The first-order valence-corrected chi connectivity index (χ1v) is 4.79. The zero-order chi connectivity index (χ0) is 10.5. The molecule has 0 heterocycles. The third kappa shape index (κ3) is 3.17. The summed E-state index contributed by atoms with van der Waals surface area (Å²) in [6.07, 6.45) is 4.97. The molecule has 13 heavy (non-hydrogen) atoms. The maximum atomic E-state index is 4.15. The lowest BCUT2D eigenvalue weighted by molar-refractivity contribution is 0.391. The number of hydrogen-bond acceptors (Lipinski definition) is 1. The highest BCUT2D eigenvalue weighted by atomic mass is 14.8. The molecule has 0 fully saturated rings. The van der Waals surface area contributed by atoms with Crippen LogP contribution in [0.15, 0.2) is 29.3 Å². The summed E-state index contributed by atoms with van der Waals surface area (Å²) in [6.45, 7) is 15.9. The maximum absolute atomic E-state index is 4.15. The molecule has 0 aliphatic heterocycles. The van der Waals surface area contributed by atoms with Crippen molar-refractivity contribution >= 4 is 6.72 Å². The minimum absolute atomic E-state index is 0.0785. The summed E-state index contributed by atoms with van der Waals surface area (Å²) in [5.74, 6) is 0.424. The van der Waals surface area contributed by atoms with Gasteiger partial charge in [0.1, 0.15) is 0 Å². The molecule has 0 aliphatic rings. The van der Waals surface area contributed by atoms with Gasteiger partial charge < -0.3 is 0 Å². The highest BCUT2D eigenvalue weighted by Crippen LogP contribution is 2.28. The molecule has 0 N–H and O–H groups in total. The van der Waals surface area contributed by atoms with Crippen LogP contribution in [-0.2, 0) is 0 Å². The van der Waals surface area contributed by atoms with Gasteiger partial charge >= 0.3 is 0 Å². The molecule has 0 bridgehead atoms. The van der Waals surface area contributed by atoms with Crippen molar-refractivity contribution in [1.82, 2.24) is 0 Å². The average molecular weight is 179 g/mol. The van der Waals surface area contributed by atoms with Gasteiger partial charge in [-0.25, -0.2) is 0 Å². The molecular weight excluding hydrogens is 158 g/mol. The Morgan fingerprint density at radius 3 is 2.38 bits per heavy atom. The fourth-order valence-corrected chi connectivity index (χ4v) is 1.31. The molecule has 1 nitrogen and oxygen atoms in total. The maximum Gasteiger partial charge on any atom is 0.0607 e. The van der Waals surface area contributed by atoms with Crippen molar-refractivity contribution in [2.45, 2.75) is 39.7 Å². The molecule has 0 aliphatic carbocycles. The van der Waals surface area contributed by atoms with Crippen LogP contribution in [0.5, 0.6) is 0 Å². The third-order valence-corrected chi connectivity index (χ3v) is 2.76. The SMILES string of the molecule is C=C/C=C(\CC)C(C)C(C)(C)N=C. The summed E-state index contributed by atoms with van der Waals surface area (Å²) < 4.78 is 0. The largest absolute Gasteiger partial charge is 0.294 e. The first-order valence-electron chi connectivity index (χ1n) is 4.79. The van der Waals surface area contributed by atoms with Crippen LogP contribution in [-0.4, -0.2) is 12.3 Å². The highest BCUT2D eigenvalue weighted by molar-refractivity contribution is 5.27. The standard InChI is InChI=1S/C12H21N/c1-7-9-11(8-2)10(3)12(4,5)13-6/h7,9-10H,1,6,8H2,2-5H3/b11-9+. The molecule has 74 valence electrons. The zero-order valence-electron chi connectivity index (χ0n) is 9.30. The Balaban J connectivity index is 4.73. The van der Waals surface area contributed by atoms with Gasteiger partial charge in [-0.3, -0.25) is 4.99 Å². The van der Waals surface area contributed by atoms with Gasteiger partial charge in [-0.2, -0.15) is 0 Å². The predicted octanol–water partition coefficient (Wildman–Crippen LogP) is 3.62. The van der Waals surface area contributed by atoms with Crippen molar-refractivity contribution < 1.29 is 0 Å². The number of hydrogen-bond donors (Lipinski definition) is 0. The summed E-state index contributed by atoms with van der Waals surface area (Å²) in [5.41, 5.74) is 1.30. The Hall–Kier alpha value is -0.850. The van der Waals surface area contributed by atoms with E-state index in [1.54, 1.807) is 0 Å². The van der Waals surface area contributed by atoms with Crippen LogP contribution >= 0.6 is 0 Å². The molecule has 0 spiro atoms. The molecule has 0 saturated heterocycles. The van der Waals surface area contributed by atoms with Crippen LogP contribution in [0.25, 0.3) is 0 Å². The van der Waals surface area contributed by atoms with E-state index >= 15 is 0 Å². The average Bonchev–Trinajstić information content (AvgIpc) is 2.13. The molecule has 1 heteroatoms. The van der Waals surface area contributed by atoms with Crippen LogP contribution in [0.3, 0.4) is 0 Å². The van der Waals surface area contributed by atoms with E-state index in [4.69, 9.17) is 0 Å². The second-order valence-corrected chi connectivity index (χ2v) is 3.86. The van der Waals surface area contributed by atoms with E-state index in [9.17, 15) is 0 Å². The fourth-order valence-electron chi connectivity index (χ4n) is 1.31. The second kappa shape index (κ2) is 5.00. The molecule has 0 rings (SSSR count). The summed E-state index contributed by atoms with van der Waals surface area (Å²) in [4.78, 5) is 4.15. The van der Waals surface area contributed by atoms with Crippen molar-refractivity contribution in [2.24, 2.45) is 10.9 Å². The monoisotopic (exact) mass is 179 g/mol. The van der Waals surface area contributed by atoms with Gasteiger partial charge in [0.25, 0.3) is 0 Å². The molecule has 0 saturated carbocycles. The Morgan fingerprint density at radius 1 is 1.54 bits per heavy atom. The molecule has 0 aromatic rings. The first kappa shape index (κ1) is 12.2. The van der Waals surface area contributed by atoms with Crippen molar-refractivity contribution in [1.29, 1.82) is 0 Å². The molecule has 0 aromatic carbocycles. The molecular formula is C12H21N. The van der Waals surface area contributed by atoms with E-state index in [-0.39, 0.29) is 5.54 Å². The van der Waals surface area contributed by atoms with Gasteiger partial charge in [0.2, 0.25) is 0 Å². The summed E-state index contributed by atoms with van der Waals surface area (Å²) in [5, 5.41) is 0. The van der Waals surface area contributed by atoms with Crippen molar-refractivity contribution in [3.05, 3.63) is 24.3 Å². The molecule has 0 amide bonds. The van der Waals surface area contributed by atoms with E-state index in [2.05, 4.69) is 52.1 Å². The third-order valence-electron chi connectivity index (χ3n) is 2.76. The predicted molar refractivity (Wildman–Crippen MR) is 61.4 cm³/mol. The number of allylic oxidation sites excluding steroid dienone is 2. The zero-order valence-corrected chi connectivity index (χ0v) is 9.30. The lowest BCUT2D eigenvalue weighted by Crippen LogP contribution is -2.27. The Labute approximate surface area is 82.3 Å². The van der Waals surface area contributed by atoms with Gasteiger partial charge in [0.15, 0.2) is 0 Å². The van der Waals surface area contributed by atoms with Crippen LogP contribution in [0, 0.1) is 5.92 Å². The second-order valence-electron chi connectivity index (χ2n) is 3.86. The smallest absolute Gasteiger partial charge is 0.0607 e. The molecule has 1 atom stereocenters. The van der Waals surface area contributed by atoms with Crippen molar-refractivity contribution in [3.8, 4) is 0 Å². The van der Waals surface area contributed by atoms with Crippen LogP contribution in [0.1, 0.15) is 34.1 Å². The Morgan fingerprint density at radius 2 is 2.08 bits per heavy atom. The Bertz CT molecular complexity index is 211. The quantitative estimate of drug-likeness (QED) is 0.451. The first-order chi connectivity index (χ1) is 5.99. The van der Waals surface area contributed by atoms with Crippen LogP contribution in [0.2, 0.25) is 0 Å². The van der Waals surface area contributed by atoms with E-state index < -0.39 is 0 Å². The lowest BCUT2D eigenvalue weighted by Gasteiger charge is -2.29. The number of aliphatic imine (C=N–C) groups is 1. The van der Waals surface area contributed by atoms with E-state index in [0.29, 0.717) is 5.92 Å². The summed E-state index contributed by atoms with van der Waals surface area (Å²) in [6, 6.07) is 0. The van der Waals surface area contributed by atoms with Gasteiger partial charge in [-0.05, 0) is 27.0 Å². The van der Waals surface area contributed by atoms with E-state index in [0.717, 1.165) is 6.42 Å². The van der Waals surface area contributed by atoms with E-state index in [1.165, 1.54) is 5.57 Å². The summed E-state index contributed by atoms with van der Waals surface area (Å²) in [7, 11) is 0. The van der Waals surface area contributed by atoms with Crippen molar-refractivity contribution in [3.63, 3.8) is 0 Å². The number of nitrogens with zero attached hydrogens (tertiary/aromatic N) is 1. The topological polar surface area (TPSA) is 12.4 Å². The summed E-state index contributed by atoms with van der Waals surface area (Å²) >= 11 is 0. The molecule has 1 unspecified atom stereocenters. The number of rotatable bonds is 5. The molecule has 0 radical (unpaired) electrons. The minimum atomic E-state index is -0.0785. The van der Waals surface area contributed by atoms with E-state index in [1.807, 2.05) is 6.08 Å². The van der Waals surface area contributed by atoms with Crippen molar-refractivity contribution in [2.75, 3.05) is 0 Å². The highest BCUT2D eigenvalue weighted by Gasteiger charge is 2.25. The minimum Gasteiger partial charge on any atom is -0.294 e. The normalized spacial score (nSPS) is 15.2.